The van der Waals surface area contributed by atoms with Crippen molar-refractivity contribution in [2.45, 2.75) is 52.1 Å². The van der Waals surface area contributed by atoms with Gasteiger partial charge in [0, 0.05) is 30.8 Å². The van der Waals surface area contributed by atoms with Gasteiger partial charge in [0.1, 0.15) is 5.82 Å². The Morgan fingerprint density at radius 3 is 2.72 bits per heavy atom. The molecule has 0 saturated carbocycles. The molecule has 0 aliphatic heterocycles. The van der Waals surface area contributed by atoms with Crippen molar-refractivity contribution < 1.29 is 4.79 Å². The third-order valence-corrected chi connectivity index (χ3v) is 4.64. The monoisotopic (exact) mass is 392 g/mol. The van der Waals surface area contributed by atoms with Crippen LogP contribution in [0.4, 0.5) is 10.7 Å². The Hall–Kier alpha value is -3.22. The lowest BCUT2D eigenvalue weighted by Gasteiger charge is -2.10. The highest BCUT2D eigenvalue weighted by molar-refractivity contribution is 5.87. The minimum absolute atomic E-state index is 0.322. The van der Waals surface area contributed by atoms with E-state index in [0.29, 0.717) is 12.5 Å². The van der Waals surface area contributed by atoms with E-state index >= 15 is 0 Å². The minimum Gasteiger partial charge on any atom is -0.333 e. The highest BCUT2D eigenvalue weighted by Crippen LogP contribution is 2.07. The number of hydrogen-bond acceptors (Lipinski definition) is 4. The highest BCUT2D eigenvalue weighted by Gasteiger charge is 2.08. The molecular formula is C22H28N6O. The number of aryl methyl sites for hydroxylation is 3. The van der Waals surface area contributed by atoms with Crippen LogP contribution in [0.1, 0.15) is 43.3 Å². The Kier molecular flexibility index (Phi) is 7.74. The molecule has 29 heavy (non-hydrogen) atoms. The second-order valence-electron chi connectivity index (χ2n) is 6.91. The summed E-state index contributed by atoms with van der Waals surface area (Å²) in [5.74, 6) is 1.15. The molecule has 7 nitrogen and oxygen atoms in total. The highest BCUT2D eigenvalue weighted by atomic mass is 16.2. The van der Waals surface area contributed by atoms with Crippen molar-refractivity contribution in [3.8, 4) is 0 Å². The number of nitrogens with one attached hydrogen (secondary N) is 2. The van der Waals surface area contributed by atoms with E-state index in [-0.39, 0.29) is 6.03 Å². The van der Waals surface area contributed by atoms with E-state index in [1.54, 1.807) is 12.4 Å². The molecule has 0 aliphatic rings. The van der Waals surface area contributed by atoms with Crippen LogP contribution in [-0.4, -0.2) is 25.6 Å². The summed E-state index contributed by atoms with van der Waals surface area (Å²) in [6.45, 7) is 3.34. The molecule has 0 fully saturated rings. The maximum atomic E-state index is 12.2. The van der Waals surface area contributed by atoms with Gasteiger partial charge in [0.2, 0.25) is 5.95 Å². The number of imidazole rings is 1. The fourth-order valence-electron chi connectivity index (χ4n) is 3.07. The first-order chi connectivity index (χ1) is 14.2. The minimum atomic E-state index is -0.337. The summed E-state index contributed by atoms with van der Waals surface area (Å²) in [6, 6.07) is 12.0. The molecule has 152 valence electrons. The molecule has 0 atom stereocenters. The van der Waals surface area contributed by atoms with E-state index in [1.165, 1.54) is 5.56 Å². The van der Waals surface area contributed by atoms with E-state index in [0.717, 1.165) is 50.2 Å². The summed E-state index contributed by atoms with van der Waals surface area (Å²) in [7, 11) is 0. The lowest BCUT2D eigenvalue weighted by Crippen LogP contribution is -2.30. The Balaban J connectivity index is 1.45. The molecule has 0 bridgehead atoms. The van der Waals surface area contributed by atoms with Gasteiger partial charge in [0.15, 0.2) is 0 Å². The maximum absolute atomic E-state index is 12.2. The molecule has 3 rings (SSSR count). The Morgan fingerprint density at radius 1 is 1.03 bits per heavy atom. The number of urea groups is 1. The zero-order chi connectivity index (χ0) is 20.3. The summed E-state index contributed by atoms with van der Waals surface area (Å²) in [6.07, 6.45) is 10.5. The van der Waals surface area contributed by atoms with E-state index in [9.17, 15) is 4.79 Å². The summed E-state index contributed by atoms with van der Waals surface area (Å²) in [5, 5.41) is 5.53. The molecule has 2 heterocycles. The topological polar surface area (TPSA) is 84.7 Å². The van der Waals surface area contributed by atoms with Crippen molar-refractivity contribution in [1.29, 1.82) is 0 Å². The number of aromatic nitrogens is 4. The SMILES string of the molecule is CCCCc1ccnc(NC(=O)NCc2nccn2CCCc2ccccc2)n1. The molecule has 0 spiro atoms. The fraction of sp³-hybridized carbons (Fsp3) is 0.364. The van der Waals surface area contributed by atoms with E-state index in [4.69, 9.17) is 0 Å². The van der Waals surface area contributed by atoms with Gasteiger partial charge in [0.25, 0.3) is 0 Å². The maximum Gasteiger partial charge on any atom is 0.321 e. The number of carbonyl (C=O) groups excluding carboxylic acids is 1. The van der Waals surface area contributed by atoms with Crippen LogP contribution in [0, 0.1) is 0 Å². The molecule has 1 aromatic carbocycles. The molecule has 7 heteroatoms. The predicted molar refractivity (Wildman–Crippen MR) is 113 cm³/mol. The average molecular weight is 393 g/mol. The predicted octanol–water partition coefficient (Wildman–Crippen LogP) is 3.97. The standard InChI is InChI=1S/C22H28N6O/c1-2-3-11-19-12-13-24-21(26-19)27-22(29)25-17-20-23-14-16-28(20)15-7-10-18-8-5-4-6-9-18/h4-6,8-9,12-14,16H,2-3,7,10-11,15,17H2,1H3,(H2,24,25,26,27,29). The van der Waals surface area contributed by atoms with Gasteiger partial charge in [-0.1, -0.05) is 43.7 Å². The lowest BCUT2D eigenvalue weighted by atomic mass is 10.1. The summed E-state index contributed by atoms with van der Waals surface area (Å²) in [4.78, 5) is 25.1. The van der Waals surface area contributed by atoms with E-state index in [2.05, 4.69) is 61.3 Å². The van der Waals surface area contributed by atoms with Crippen LogP contribution in [0.5, 0.6) is 0 Å². The van der Waals surface area contributed by atoms with Gasteiger partial charge >= 0.3 is 6.03 Å². The van der Waals surface area contributed by atoms with Crippen LogP contribution in [0.3, 0.4) is 0 Å². The van der Waals surface area contributed by atoms with Crippen LogP contribution >= 0.6 is 0 Å². The van der Waals surface area contributed by atoms with Crippen LogP contribution in [-0.2, 0) is 25.9 Å². The number of benzene rings is 1. The number of hydrogen-bond donors (Lipinski definition) is 2. The Morgan fingerprint density at radius 2 is 1.90 bits per heavy atom. The van der Waals surface area contributed by atoms with Crippen molar-refractivity contribution in [2.75, 3.05) is 5.32 Å². The zero-order valence-corrected chi connectivity index (χ0v) is 16.8. The first-order valence-corrected chi connectivity index (χ1v) is 10.2. The van der Waals surface area contributed by atoms with Crippen molar-refractivity contribution in [3.05, 3.63) is 72.1 Å². The van der Waals surface area contributed by atoms with Gasteiger partial charge in [-0.15, -0.1) is 0 Å². The van der Waals surface area contributed by atoms with Crippen molar-refractivity contribution in [3.63, 3.8) is 0 Å². The molecule has 3 aromatic rings. The molecule has 0 aliphatic carbocycles. The van der Waals surface area contributed by atoms with Gasteiger partial charge in [-0.05, 0) is 37.3 Å². The van der Waals surface area contributed by atoms with E-state index < -0.39 is 0 Å². The van der Waals surface area contributed by atoms with Crippen molar-refractivity contribution >= 4 is 12.0 Å². The number of anilines is 1. The van der Waals surface area contributed by atoms with Crippen LogP contribution in [0.15, 0.2) is 55.0 Å². The normalized spacial score (nSPS) is 10.7. The Labute approximate surface area is 171 Å². The molecule has 0 saturated heterocycles. The van der Waals surface area contributed by atoms with Gasteiger partial charge in [-0.25, -0.2) is 19.7 Å². The third-order valence-electron chi connectivity index (χ3n) is 4.64. The molecule has 0 radical (unpaired) electrons. The first-order valence-electron chi connectivity index (χ1n) is 10.2. The zero-order valence-electron chi connectivity index (χ0n) is 16.8. The fourth-order valence-corrected chi connectivity index (χ4v) is 3.07. The molecule has 2 amide bonds. The average Bonchev–Trinajstić information content (AvgIpc) is 3.19. The van der Waals surface area contributed by atoms with E-state index in [1.807, 2.05) is 18.3 Å². The largest absolute Gasteiger partial charge is 0.333 e. The van der Waals surface area contributed by atoms with Crippen LogP contribution in [0.25, 0.3) is 0 Å². The summed E-state index contributed by atoms with van der Waals surface area (Å²) in [5.41, 5.74) is 2.26. The number of unbranched alkanes of at least 4 members (excludes halogenated alkanes) is 1. The summed E-state index contributed by atoms with van der Waals surface area (Å²) < 4.78 is 2.07. The van der Waals surface area contributed by atoms with Crippen LogP contribution < -0.4 is 10.6 Å². The molecule has 2 N–H and O–H groups in total. The third kappa shape index (κ3) is 6.71. The van der Waals surface area contributed by atoms with Gasteiger partial charge in [0.05, 0.1) is 6.54 Å². The number of amides is 2. The first kappa shape index (κ1) is 20.5. The molecule has 0 unspecified atom stereocenters. The number of rotatable bonds is 10. The van der Waals surface area contributed by atoms with Crippen molar-refractivity contribution in [2.24, 2.45) is 0 Å². The smallest absolute Gasteiger partial charge is 0.321 e. The van der Waals surface area contributed by atoms with Crippen molar-refractivity contribution in [1.82, 2.24) is 24.8 Å². The second kappa shape index (κ2) is 10.9. The second-order valence-corrected chi connectivity index (χ2v) is 6.91. The van der Waals surface area contributed by atoms with Gasteiger partial charge in [-0.2, -0.15) is 0 Å². The Bertz CT molecular complexity index is 893. The lowest BCUT2D eigenvalue weighted by molar-refractivity contribution is 0.251. The number of nitrogens with zero attached hydrogens (tertiary/aromatic N) is 4. The molecule has 2 aromatic heterocycles. The summed E-state index contributed by atoms with van der Waals surface area (Å²) >= 11 is 0. The van der Waals surface area contributed by atoms with Gasteiger partial charge in [-0.3, -0.25) is 5.32 Å². The van der Waals surface area contributed by atoms with Gasteiger partial charge < -0.3 is 9.88 Å². The number of carbonyl (C=O) groups is 1. The van der Waals surface area contributed by atoms with Crippen LogP contribution in [0.2, 0.25) is 0 Å². The molecular weight excluding hydrogens is 364 g/mol. The quantitative estimate of drug-likeness (QED) is 0.547.